The molecule has 2 aromatic rings. The summed E-state index contributed by atoms with van der Waals surface area (Å²) in [4.78, 5) is 13.6. The standard InChI is InChI=1S/C17H27IN4O2Si/c1-17(2,3)25(4,5)24-10-12-21-14-15(18)19-11-20-16(14)22(12)13-8-6-7-9-23-13/h11,13H,6-10H2,1-5H3. The molecule has 1 unspecified atom stereocenters. The summed E-state index contributed by atoms with van der Waals surface area (Å²) in [7, 11) is -1.85. The average molecular weight is 474 g/mol. The molecule has 25 heavy (non-hydrogen) atoms. The number of aromatic nitrogens is 4. The van der Waals surface area contributed by atoms with Crippen LogP contribution in [0.2, 0.25) is 18.1 Å². The van der Waals surface area contributed by atoms with Crippen LogP contribution in [-0.2, 0) is 15.8 Å². The van der Waals surface area contributed by atoms with Crippen molar-refractivity contribution in [2.75, 3.05) is 6.61 Å². The van der Waals surface area contributed by atoms with Crippen molar-refractivity contribution in [3.63, 3.8) is 0 Å². The van der Waals surface area contributed by atoms with E-state index >= 15 is 0 Å². The van der Waals surface area contributed by atoms with Crippen molar-refractivity contribution in [1.82, 2.24) is 19.5 Å². The summed E-state index contributed by atoms with van der Waals surface area (Å²) in [5, 5.41) is 0.166. The second-order valence-corrected chi connectivity index (χ2v) is 13.9. The molecule has 138 valence electrons. The fraction of sp³-hybridized carbons (Fsp3) is 0.706. The summed E-state index contributed by atoms with van der Waals surface area (Å²) in [6, 6.07) is 0. The molecule has 2 aromatic heterocycles. The molecule has 0 spiro atoms. The molecular weight excluding hydrogens is 447 g/mol. The van der Waals surface area contributed by atoms with Gasteiger partial charge in [0.15, 0.2) is 14.0 Å². The van der Waals surface area contributed by atoms with Crippen LogP contribution in [-0.4, -0.2) is 34.4 Å². The highest BCUT2D eigenvalue weighted by Gasteiger charge is 2.37. The Morgan fingerprint density at radius 2 is 2.08 bits per heavy atom. The molecule has 8 heteroatoms. The van der Waals surface area contributed by atoms with Crippen molar-refractivity contribution in [2.24, 2.45) is 0 Å². The maximum atomic E-state index is 6.43. The molecule has 0 bridgehead atoms. The Morgan fingerprint density at radius 1 is 1.32 bits per heavy atom. The Balaban J connectivity index is 1.97. The first kappa shape index (κ1) is 19.2. The highest BCUT2D eigenvalue weighted by atomic mass is 127. The molecule has 1 aliphatic heterocycles. The van der Waals surface area contributed by atoms with Gasteiger partial charge in [-0.3, -0.25) is 4.57 Å². The molecule has 0 saturated carbocycles. The Morgan fingerprint density at radius 3 is 2.72 bits per heavy atom. The van der Waals surface area contributed by atoms with E-state index in [0.29, 0.717) is 6.61 Å². The predicted octanol–water partition coefficient (Wildman–Crippen LogP) is 4.65. The van der Waals surface area contributed by atoms with Crippen molar-refractivity contribution in [3.8, 4) is 0 Å². The fourth-order valence-corrected chi connectivity index (χ4v) is 4.13. The lowest BCUT2D eigenvalue weighted by molar-refractivity contribution is -0.0327. The van der Waals surface area contributed by atoms with Crippen LogP contribution in [0.5, 0.6) is 0 Å². The zero-order valence-corrected chi connectivity index (χ0v) is 18.8. The molecule has 6 nitrogen and oxygen atoms in total. The van der Waals surface area contributed by atoms with Crippen LogP contribution in [0, 0.1) is 3.70 Å². The topological polar surface area (TPSA) is 62.1 Å². The number of hydrogen-bond acceptors (Lipinski definition) is 5. The van der Waals surface area contributed by atoms with E-state index in [2.05, 4.69) is 71.0 Å². The first-order chi connectivity index (χ1) is 11.7. The fourth-order valence-electron chi connectivity index (χ4n) is 2.72. The summed E-state index contributed by atoms with van der Waals surface area (Å²) in [5.41, 5.74) is 1.69. The quantitative estimate of drug-likeness (QED) is 0.367. The summed E-state index contributed by atoms with van der Waals surface area (Å²) in [6.45, 7) is 12.6. The van der Waals surface area contributed by atoms with Crippen molar-refractivity contribution in [3.05, 3.63) is 15.9 Å². The molecule has 0 aromatic carbocycles. The van der Waals surface area contributed by atoms with Crippen LogP contribution in [0.15, 0.2) is 6.33 Å². The summed E-state index contributed by atoms with van der Waals surface area (Å²) >= 11 is 2.22. The maximum absolute atomic E-state index is 6.43. The molecular formula is C17H27IN4O2Si. The van der Waals surface area contributed by atoms with Crippen molar-refractivity contribution in [1.29, 1.82) is 0 Å². The molecule has 1 atom stereocenters. The number of rotatable bonds is 4. The van der Waals surface area contributed by atoms with E-state index in [1.54, 1.807) is 6.33 Å². The first-order valence-corrected chi connectivity index (χ1v) is 12.8. The van der Waals surface area contributed by atoms with Crippen LogP contribution >= 0.6 is 22.6 Å². The molecule has 0 amide bonds. The SMILES string of the molecule is CC(C)(C)[Si](C)(C)OCc1nc2c(I)ncnc2n1C1CCCCO1. The number of halogens is 1. The van der Waals surface area contributed by atoms with Crippen LogP contribution < -0.4 is 0 Å². The minimum atomic E-state index is -1.85. The number of ether oxygens (including phenoxy) is 1. The van der Waals surface area contributed by atoms with E-state index < -0.39 is 8.32 Å². The smallest absolute Gasteiger partial charge is 0.192 e. The Kier molecular flexibility index (Phi) is 5.53. The van der Waals surface area contributed by atoms with E-state index in [9.17, 15) is 0 Å². The molecule has 3 rings (SSSR count). The maximum Gasteiger partial charge on any atom is 0.192 e. The van der Waals surface area contributed by atoms with E-state index in [1.165, 1.54) is 0 Å². The lowest BCUT2D eigenvalue weighted by Crippen LogP contribution is -2.40. The van der Waals surface area contributed by atoms with Gasteiger partial charge in [-0.15, -0.1) is 0 Å². The molecule has 0 aliphatic carbocycles. The van der Waals surface area contributed by atoms with E-state index in [-0.39, 0.29) is 11.3 Å². The van der Waals surface area contributed by atoms with Gasteiger partial charge in [0.25, 0.3) is 0 Å². The Hall–Kier alpha value is -0.583. The Labute approximate surface area is 164 Å². The van der Waals surface area contributed by atoms with E-state index in [4.69, 9.17) is 14.1 Å². The van der Waals surface area contributed by atoms with Gasteiger partial charge in [0.2, 0.25) is 0 Å². The van der Waals surface area contributed by atoms with Crippen LogP contribution in [0.25, 0.3) is 11.2 Å². The second-order valence-electron chi connectivity index (χ2n) is 8.10. The third-order valence-corrected chi connectivity index (χ3v) is 10.6. The first-order valence-electron chi connectivity index (χ1n) is 8.83. The molecule has 1 saturated heterocycles. The third kappa shape index (κ3) is 3.91. The number of fused-ring (bicyclic) bond motifs is 1. The largest absolute Gasteiger partial charge is 0.409 e. The normalized spacial score (nSPS) is 19.5. The van der Waals surface area contributed by atoms with Crippen molar-refractivity contribution in [2.45, 2.75) is 71.0 Å². The lowest BCUT2D eigenvalue weighted by atomic mass is 10.2. The van der Waals surface area contributed by atoms with Gasteiger partial charge in [0.05, 0.1) is 6.61 Å². The average Bonchev–Trinajstić information content (AvgIpc) is 2.93. The van der Waals surface area contributed by atoms with E-state index in [0.717, 1.165) is 46.6 Å². The Bertz CT molecular complexity index is 751. The third-order valence-electron chi connectivity index (χ3n) is 5.32. The van der Waals surface area contributed by atoms with Gasteiger partial charge in [0, 0.05) is 6.61 Å². The molecule has 1 fully saturated rings. The highest BCUT2D eigenvalue weighted by molar-refractivity contribution is 14.1. The summed E-state index contributed by atoms with van der Waals surface area (Å²) in [6.07, 6.45) is 4.85. The predicted molar refractivity (Wildman–Crippen MR) is 109 cm³/mol. The number of imidazole rings is 1. The van der Waals surface area contributed by atoms with Gasteiger partial charge in [0.1, 0.15) is 27.6 Å². The molecule has 0 radical (unpaired) electrons. The van der Waals surface area contributed by atoms with Crippen LogP contribution in [0.3, 0.4) is 0 Å². The van der Waals surface area contributed by atoms with Gasteiger partial charge in [-0.05, 0) is 60.0 Å². The zero-order chi connectivity index (χ0) is 18.2. The van der Waals surface area contributed by atoms with Gasteiger partial charge in [-0.1, -0.05) is 20.8 Å². The number of nitrogens with zero attached hydrogens (tertiary/aromatic N) is 4. The van der Waals surface area contributed by atoms with Crippen LogP contribution in [0.4, 0.5) is 0 Å². The lowest BCUT2D eigenvalue weighted by Gasteiger charge is -2.36. The molecule has 3 heterocycles. The van der Waals surface area contributed by atoms with Gasteiger partial charge in [-0.25, -0.2) is 15.0 Å². The van der Waals surface area contributed by atoms with Gasteiger partial charge < -0.3 is 9.16 Å². The second kappa shape index (κ2) is 7.20. The summed E-state index contributed by atoms with van der Waals surface area (Å²) in [5.74, 6) is 0.894. The number of hydrogen-bond donors (Lipinski definition) is 0. The zero-order valence-electron chi connectivity index (χ0n) is 15.7. The monoisotopic (exact) mass is 474 g/mol. The van der Waals surface area contributed by atoms with Gasteiger partial charge in [-0.2, -0.15) is 0 Å². The highest BCUT2D eigenvalue weighted by Crippen LogP contribution is 2.37. The van der Waals surface area contributed by atoms with Gasteiger partial charge >= 0.3 is 0 Å². The van der Waals surface area contributed by atoms with E-state index in [1.807, 2.05) is 0 Å². The minimum absolute atomic E-state index is 0.0116. The van der Waals surface area contributed by atoms with Crippen LogP contribution in [0.1, 0.15) is 52.1 Å². The molecule has 1 aliphatic rings. The minimum Gasteiger partial charge on any atom is -0.409 e. The van der Waals surface area contributed by atoms with Crippen molar-refractivity contribution >= 4 is 42.1 Å². The molecule has 0 N–H and O–H groups in total. The summed E-state index contributed by atoms with van der Waals surface area (Å²) < 4.78 is 15.5. The van der Waals surface area contributed by atoms with Crippen molar-refractivity contribution < 1.29 is 9.16 Å².